The van der Waals surface area contributed by atoms with Crippen LogP contribution in [0.1, 0.15) is 11.1 Å². The smallest absolute Gasteiger partial charge is 0.268 e. The number of imide groups is 1. The van der Waals surface area contributed by atoms with E-state index in [9.17, 15) is 19.7 Å². The van der Waals surface area contributed by atoms with Gasteiger partial charge < -0.3 is 0 Å². The van der Waals surface area contributed by atoms with Crippen LogP contribution < -0.4 is 0 Å². The van der Waals surface area contributed by atoms with E-state index < -0.39 is 16.1 Å². The van der Waals surface area contributed by atoms with Crippen LogP contribution in [0.15, 0.2) is 51.8 Å². The summed E-state index contributed by atoms with van der Waals surface area (Å²) >= 11 is 10.2. The van der Waals surface area contributed by atoms with Crippen LogP contribution in [0, 0.1) is 10.1 Å². The van der Waals surface area contributed by atoms with Gasteiger partial charge >= 0.3 is 0 Å². The van der Waals surface area contributed by atoms with E-state index in [4.69, 9.17) is 11.6 Å². The van der Waals surface area contributed by atoms with Gasteiger partial charge in [0.2, 0.25) is 0 Å². The van der Waals surface area contributed by atoms with Crippen LogP contribution in [0.4, 0.5) is 10.5 Å². The highest BCUT2D eigenvalue weighted by atomic mass is 79.9. The predicted octanol–water partition coefficient (Wildman–Crippen LogP) is 5.25. The number of nitro groups is 1. The molecule has 0 aromatic heterocycles. The number of hydrogen-bond acceptors (Lipinski definition) is 5. The van der Waals surface area contributed by atoms with Crippen molar-refractivity contribution in [3.05, 3.63) is 78.1 Å². The van der Waals surface area contributed by atoms with Crippen molar-refractivity contribution in [2.45, 2.75) is 6.54 Å². The lowest BCUT2D eigenvalue weighted by molar-refractivity contribution is -0.384. The summed E-state index contributed by atoms with van der Waals surface area (Å²) in [4.78, 5) is 36.5. The number of non-ortho nitro benzene ring substituents is 1. The Balaban J connectivity index is 1.89. The number of carbonyl (C=O) groups excluding carboxylic acids is 2. The second-order valence-electron chi connectivity index (χ2n) is 5.32. The Kier molecular flexibility index (Phi) is 5.45. The van der Waals surface area contributed by atoms with Crippen molar-refractivity contribution in [1.29, 1.82) is 0 Å². The Morgan fingerprint density at radius 1 is 1.23 bits per heavy atom. The molecule has 0 N–H and O–H groups in total. The molecule has 1 saturated heterocycles. The van der Waals surface area contributed by atoms with Gasteiger partial charge in [-0.25, -0.2) is 0 Å². The van der Waals surface area contributed by atoms with Gasteiger partial charge in [-0.05, 0) is 35.5 Å². The number of amides is 2. The normalized spacial score (nSPS) is 15.8. The minimum Gasteiger partial charge on any atom is -0.268 e. The van der Waals surface area contributed by atoms with Crippen LogP contribution >= 0.6 is 39.3 Å². The van der Waals surface area contributed by atoms with Crippen molar-refractivity contribution < 1.29 is 14.5 Å². The fraction of sp³-hybridized carbons (Fsp3) is 0.0588. The lowest BCUT2D eigenvalue weighted by Gasteiger charge is -2.13. The third kappa shape index (κ3) is 3.82. The molecular weight excluding hydrogens is 444 g/mol. The van der Waals surface area contributed by atoms with E-state index in [-0.39, 0.29) is 22.2 Å². The van der Waals surface area contributed by atoms with Gasteiger partial charge in [0.1, 0.15) is 0 Å². The summed E-state index contributed by atoms with van der Waals surface area (Å²) in [7, 11) is 0. The zero-order chi connectivity index (χ0) is 18.8. The SMILES string of the molecule is O=C1S/C(=C\c2cc([N+](=O)[O-])ccc2Cl)C(=O)N1Cc1ccccc1Br. The molecule has 6 nitrogen and oxygen atoms in total. The molecule has 1 heterocycles. The maximum atomic E-state index is 12.6. The van der Waals surface area contributed by atoms with Crippen molar-refractivity contribution in [1.82, 2.24) is 4.90 Å². The van der Waals surface area contributed by atoms with Crippen molar-refractivity contribution in [2.24, 2.45) is 0 Å². The highest BCUT2D eigenvalue weighted by Crippen LogP contribution is 2.35. The van der Waals surface area contributed by atoms with Crippen LogP contribution in [0.3, 0.4) is 0 Å². The Morgan fingerprint density at radius 3 is 2.65 bits per heavy atom. The first-order valence-electron chi connectivity index (χ1n) is 7.29. The monoisotopic (exact) mass is 452 g/mol. The number of nitrogens with zero attached hydrogens (tertiary/aromatic N) is 2. The number of benzene rings is 2. The standard InChI is InChI=1S/C17H10BrClN2O4S/c18-13-4-2-1-3-10(13)9-20-16(22)15(26-17(20)23)8-11-7-12(21(24)25)5-6-14(11)19/h1-8H,9H2/b15-8-. The average molecular weight is 454 g/mol. The molecule has 0 spiro atoms. The number of nitro benzene ring substituents is 1. The van der Waals surface area contributed by atoms with E-state index in [1.807, 2.05) is 24.3 Å². The van der Waals surface area contributed by atoms with Gasteiger partial charge in [0.15, 0.2) is 0 Å². The molecular formula is C17H10BrClN2O4S. The molecule has 2 amide bonds. The number of halogens is 2. The topological polar surface area (TPSA) is 80.5 Å². The van der Waals surface area contributed by atoms with E-state index in [1.165, 1.54) is 24.3 Å². The summed E-state index contributed by atoms with van der Waals surface area (Å²) in [5.74, 6) is -0.460. The van der Waals surface area contributed by atoms with Crippen molar-refractivity contribution >= 4 is 62.2 Å². The van der Waals surface area contributed by atoms with Gasteiger partial charge in [-0.1, -0.05) is 45.7 Å². The Morgan fingerprint density at radius 2 is 1.96 bits per heavy atom. The zero-order valence-corrected chi connectivity index (χ0v) is 16.2. The molecule has 0 bridgehead atoms. The number of carbonyl (C=O) groups is 2. The van der Waals surface area contributed by atoms with Gasteiger partial charge in [-0.2, -0.15) is 0 Å². The molecule has 1 aliphatic rings. The first kappa shape index (κ1) is 18.6. The molecule has 0 atom stereocenters. The van der Waals surface area contributed by atoms with E-state index in [2.05, 4.69) is 15.9 Å². The van der Waals surface area contributed by atoms with Crippen molar-refractivity contribution in [3.63, 3.8) is 0 Å². The first-order valence-corrected chi connectivity index (χ1v) is 9.28. The molecule has 0 radical (unpaired) electrons. The minimum absolute atomic E-state index is 0.131. The fourth-order valence-corrected chi connectivity index (χ4v) is 3.74. The molecule has 26 heavy (non-hydrogen) atoms. The van der Waals surface area contributed by atoms with E-state index in [0.29, 0.717) is 5.56 Å². The first-order chi connectivity index (χ1) is 12.4. The maximum Gasteiger partial charge on any atom is 0.293 e. The molecule has 0 unspecified atom stereocenters. The van der Waals surface area contributed by atoms with Crippen molar-refractivity contribution in [3.8, 4) is 0 Å². The fourth-order valence-electron chi connectivity index (χ4n) is 2.33. The van der Waals surface area contributed by atoms with Crippen molar-refractivity contribution in [2.75, 3.05) is 0 Å². The van der Waals surface area contributed by atoms with E-state index in [1.54, 1.807) is 0 Å². The third-order valence-electron chi connectivity index (χ3n) is 3.64. The number of hydrogen-bond donors (Lipinski definition) is 0. The Labute approximate surface area is 166 Å². The van der Waals surface area contributed by atoms with Crippen LogP contribution in [0.2, 0.25) is 5.02 Å². The maximum absolute atomic E-state index is 12.6. The summed E-state index contributed by atoms with van der Waals surface area (Å²) in [5.41, 5.74) is 0.963. The summed E-state index contributed by atoms with van der Waals surface area (Å²) in [6.45, 7) is 0.131. The molecule has 9 heteroatoms. The lowest BCUT2D eigenvalue weighted by Crippen LogP contribution is -2.27. The Bertz CT molecular complexity index is 964. The summed E-state index contributed by atoms with van der Waals surface area (Å²) in [5, 5.41) is 10.8. The van der Waals surface area contributed by atoms with Crippen LogP contribution in [-0.2, 0) is 11.3 Å². The summed E-state index contributed by atoms with van der Waals surface area (Å²) < 4.78 is 0.796. The summed E-state index contributed by atoms with van der Waals surface area (Å²) in [6.07, 6.45) is 1.40. The second-order valence-corrected chi connectivity index (χ2v) is 7.58. The van der Waals surface area contributed by atoms with E-state index >= 15 is 0 Å². The largest absolute Gasteiger partial charge is 0.293 e. The predicted molar refractivity (Wildman–Crippen MR) is 104 cm³/mol. The second kappa shape index (κ2) is 7.61. The molecule has 132 valence electrons. The van der Waals surface area contributed by atoms with Gasteiger partial charge in [-0.15, -0.1) is 0 Å². The molecule has 0 saturated carbocycles. The highest BCUT2D eigenvalue weighted by Gasteiger charge is 2.35. The highest BCUT2D eigenvalue weighted by molar-refractivity contribution is 9.10. The zero-order valence-electron chi connectivity index (χ0n) is 13.0. The van der Waals surface area contributed by atoms with Gasteiger partial charge in [0.05, 0.1) is 16.4 Å². The number of thioether (sulfide) groups is 1. The minimum atomic E-state index is -0.549. The van der Waals surface area contributed by atoms with Gasteiger partial charge in [-0.3, -0.25) is 24.6 Å². The molecule has 3 rings (SSSR count). The molecule has 2 aromatic carbocycles. The molecule has 0 aliphatic carbocycles. The lowest BCUT2D eigenvalue weighted by atomic mass is 10.1. The van der Waals surface area contributed by atoms with Gasteiger partial charge in [0, 0.05) is 27.2 Å². The van der Waals surface area contributed by atoms with Crippen LogP contribution in [0.5, 0.6) is 0 Å². The quantitative estimate of drug-likeness (QED) is 0.359. The van der Waals surface area contributed by atoms with E-state index in [0.717, 1.165) is 26.7 Å². The van der Waals surface area contributed by atoms with Crippen LogP contribution in [-0.4, -0.2) is 21.0 Å². The molecule has 1 fully saturated rings. The Hall–Kier alpha value is -2.16. The third-order valence-corrected chi connectivity index (χ3v) is 5.66. The number of rotatable bonds is 4. The molecule has 1 aliphatic heterocycles. The van der Waals surface area contributed by atoms with Gasteiger partial charge in [0.25, 0.3) is 16.8 Å². The van der Waals surface area contributed by atoms with Crippen LogP contribution in [0.25, 0.3) is 6.08 Å². The summed E-state index contributed by atoms with van der Waals surface area (Å²) in [6, 6.07) is 11.2. The molecule has 2 aromatic rings. The average Bonchev–Trinajstić information content (AvgIpc) is 2.86.